The van der Waals surface area contributed by atoms with Crippen LogP contribution in [0.3, 0.4) is 0 Å². The Bertz CT molecular complexity index is 333. The summed E-state index contributed by atoms with van der Waals surface area (Å²) < 4.78 is 5.26. The fraction of sp³-hybridized carbons (Fsp3) is 0.273. The molecular formula is C11H10ClO. The topological polar surface area (TPSA) is 9.23 Å². The Hall–Kier alpha value is -0.790. The lowest BCUT2D eigenvalue weighted by atomic mass is 9.94. The van der Waals surface area contributed by atoms with Crippen LogP contribution in [0.5, 0.6) is 0 Å². The van der Waals surface area contributed by atoms with E-state index in [0.29, 0.717) is 0 Å². The summed E-state index contributed by atoms with van der Waals surface area (Å²) in [6.45, 7) is 0. The van der Waals surface area contributed by atoms with E-state index >= 15 is 0 Å². The second-order valence-electron chi connectivity index (χ2n) is 2.98. The number of alkyl halides is 1. The highest BCUT2D eigenvalue weighted by atomic mass is 35.5. The van der Waals surface area contributed by atoms with Gasteiger partial charge in [0.25, 0.3) is 0 Å². The molecule has 2 atom stereocenters. The van der Waals surface area contributed by atoms with Crippen molar-refractivity contribution in [2.24, 2.45) is 0 Å². The SMILES string of the molecule is COC1[C]=CC(Cl)c2ccccc21. The fourth-order valence-corrected chi connectivity index (χ4v) is 1.82. The maximum Gasteiger partial charge on any atom is 0.108 e. The smallest absolute Gasteiger partial charge is 0.108 e. The van der Waals surface area contributed by atoms with Gasteiger partial charge in [-0.3, -0.25) is 0 Å². The van der Waals surface area contributed by atoms with Gasteiger partial charge < -0.3 is 4.74 Å². The molecule has 0 bridgehead atoms. The summed E-state index contributed by atoms with van der Waals surface area (Å²) in [4.78, 5) is 0. The molecule has 0 amide bonds. The van der Waals surface area contributed by atoms with Gasteiger partial charge in [-0.05, 0) is 17.2 Å². The monoisotopic (exact) mass is 193 g/mol. The highest BCUT2D eigenvalue weighted by Gasteiger charge is 2.20. The van der Waals surface area contributed by atoms with Crippen LogP contribution in [-0.4, -0.2) is 7.11 Å². The zero-order valence-corrected chi connectivity index (χ0v) is 8.08. The third kappa shape index (κ3) is 1.50. The molecule has 1 aliphatic carbocycles. The molecule has 0 saturated heterocycles. The maximum absolute atomic E-state index is 6.10. The van der Waals surface area contributed by atoms with Crippen LogP contribution in [0, 0.1) is 6.08 Å². The lowest BCUT2D eigenvalue weighted by Crippen LogP contribution is -2.08. The summed E-state index contributed by atoms with van der Waals surface area (Å²) >= 11 is 6.10. The zero-order chi connectivity index (χ0) is 9.26. The molecule has 1 aliphatic rings. The lowest BCUT2D eigenvalue weighted by molar-refractivity contribution is 0.134. The van der Waals surface area contributed by atoms with E-state index in [2.05, 4.69) is 6.08 Å². The van der Waals surface area contributed by atoms with E-state index in [9.17, 15) is 0 Å². The average Bonchev–Trinajstić information content (AvgIpc) is 2.19. The highest BCUT2D eigenvalue weighted by Crippen LogP contribution is 2.35. The van der Waals surface area contributed by atoms with Crippen molar-refractivity contribution in [3.05, 3.63) is 47.5 Å². The van der Waals surface area contributed by atoms with E-state index in [1.54, 1.807) is 7.11 Å². The molecule has 1 aromatic rings. The molecule has 2 heteroatoms. The van der Waals surface area contributed by atoms with Crippen LogP contribution in [0.25, 0.3) is 0 Å². The van der Waals surface area contributed by atoms with Gasteiger partial charge in [-0.1, -0.05) is 30.3 Å². The molecule has 0 aliphatic heterocycles. The molecular weight excluding hydrogens is 184 g/mol. The standard InChI is InChI=1S/C11H10ClO/c1-13-11-7-6-10(12)8-4-2-3-5-9(8)11/h2-6,10-11H,1H3. The zero-order valence-electron chi connectivity index (χ0n) is 7.33. The van der Waals surface area contributed by atoms with Crippen molar-refractivity contribution in [2.45, 2.75) is 11.5 Å². The first-order chi connectivity index (χ1) is 6.33. The van der Waals surface area contributed by atoms with Crippen molar-refractivity contribution >= 4 is 11.6 Å². The Kier molecular flexibility index (Phi) is 2.38. The molecule has 0 saturated carbocycles. The predicted molar refractivity (Wildman–Crippen MR) is 52.6 cm³/mol. The van der Waals surface area contributed by atoms with Crippen LogP contribution in [-0.2, 0) is 4.74 Å². The van der Waals surface area contributed by atoms with Gasteiger partial charge in [0.2, 0.25) is 0 Å². The first-order valence-corrected chi connectivity index (χ1v) is 4.61. The van der Waals surface area contributed by atoms with E-state index < -0.39 is 0 Å². The molecule has 2 unspecified atom stereocenters. The van der Waals surface area contributed by atoms with E-state index in [1.807, 2.05) is 30.3 Å². The summed E-state index contributed by atoms with van der Waals surface area (Å²) in [6.07, 6.45) is 4.88. The fourth-order valence-electron chi connectivity index (χ4n) is 1.55. The summed E-state index contributed by atoms with van der Waals surface area (Å²) in [5, 5.41) is -0.0670. The van der Waals surface area contributed by atoms with Crippen LogP contribution < -0.4 is 0 Å². The average molecular weight is 194 g/mol. The third-order valence-corrected chi connectivity index (χ3v) is 2.57. The molecule has 0 N–H and O–H groups in total. The minimum atomic E-state index is -0.0670. The molecule has 0 spiro atoms. The number of fused-ring (bicyclic) bond motifs is 1. The largest absolute Gasteiger partial charge is 0.372 e. The molecule has 0 heterocycles. The van der Waals surface area contributed by atoms with Gasteiger partial charge in [-0.2, -0.15) is 0 Å². The van der Waals surface area contributed by atoms with Gasteiger partial charge in [-0.25, -0.2) is 0 Å². The molecule has 2 rings (SSSR count). The van der Waals surface area contributed by atoms with Gasteiger partial charge in [-0.15, -0.1) is 11.6 Å². The second-order valence-corrected chi connectivity index (χ2v) is 3.45. The minimum absolute atomic E-state index is 0.0637. The van der Waals surface area contributed by atoms with Crippen LogP contribution >= 0.6 is 11.6 Å². The maximum atomic E-state index is 6.10. The number of allylic oxidation sites excluding steroid dienone is 1. The van der Waals surface area contributed by atoms with E-state index in [1.165, 1.54) is 0 Å². The van der Waals surface area contributed by atoms with E-state index in [0.717, 1.165) is 11.1 Å². The van der Waals surface area contributed by atoms with Gasteiger partial charge >= 0.3 is 0 Å². The van der Waals surface area contributed by atoms with Gasteiger partial charge in [0.15, 0.2) is 0 Å². The van der Waals surface area contributed by atoms with Gasteiger partial charge in [0, 0.05) is 7.11 Å². The summed E-state index contributed by atoms with van der Waals surface area (Å²) in [5.41, 5.74) is 2.24. The second kappa shape index (κ2) is 3.52. The minimum Gasteiger partial charge on any atom is -0.372 e. The summed E-state index contributed by atoms with van der Waals surface area (Å²) in [5.74, 6) is 0. The quantitative estimate of drug-likeness (QED) is 0.623. The van der Waals surface area contributed by atoms with E-state index in [-0.39, 0.29) is 11.5 Å². The Morgan fingerprint density at radius 3 is 2.69 bits per heavy atom. The number of benzene rings is 1. The molecule has 1 nitrogen and oxygen atoms in total. The Balaban J connectivity index is 2.48. The van der Waals surface area contributed by atoms with Crippen molar-refractivity contribution in [2.75, 3.05) is 7.11 Å². The molecule has 0 aromatic heterocycles. The summed E-state index contributed by atoms with van der Waals surface area (Å²) in [7, 11) is 1.68. The highest BCUT2D eigenvalue weighted by molar-refractivity contribution is 6.22. The van der Waals surface area contributed by atoms with Gasteiger partial charge in [0.1, 0.15) is 6.10 Å². The van der Waals surface area contributed by atoms with E-state index in [4.69, 9.17) is 16.3 Å². The molecule has 67 valence electrons. The van der Waals surface area contributed by atoms with Crippen molar-refractivity contribution in [3.8, 4) is 0 Å². The predicted octanol–water partition coefficient (Wildman–Crippen LogP) is 3.03. The molecule has 13 heavy (non-hydrogen) atoms. The number of ether oxygens (including phenoxy) is 1. The number of hydrogen-bond donors (Lipinski definition) is 0. The van der Waals surface area contributed by atoms with Crippen LogP contribution in [0.15, 0.2) is 30.3 Å². The first-order valence-electron chi connectivity index (χ1n) is 4.18. The number of hydrogen-bond acceptors (Lipinski definition) is 1. The first kappa shape index (κ1) is 8.79. The van der Waals surface area contributed by atoms with Gasteiger partial charge in [0.05, 0.1) is 5.38 Å². The summed E-state index contributed by atoms with van der Waals surface area (Å²) in [6, 6.07) is 8.02. The molecule has 1 radical (unpaired) electrons. The Morgan fingerprint density at radius 1 is 1.31 bits per heavy atom. The van der Waals surface area contributed by atoms with Crippen molar-refractivity contribution in [1.82, 2.24) is 0 Å². The molecule has 1 aromatic carbocycles. The van der Waals surface area contributed by atoms with Crippen molar-refractivity contribution < 1.29 is 4.74 Å². The Morgan fingerprint density at radius 2 is 2.00 bits per heavy atom. The lowest BCUT2D eigenvalue weighted by Gasteiger charge is -2.21. The van der Waals surface area contributed by atoms with Crippen LogP contribution in [0.2, 0.25) is 0 Å². The number of rotatable bonds is 1. The van der Waals surface area contributed by atoms with Crippen molar-refractivity contribution in [3.63, 3.8) is 0 Å². The third-order valence-electron chi connectivity index (χ3n) is 2.21. The normalized spacial score (nSPS) is 25.7. The van der Waals surface area contributed by atoms with Crippen molar-refractivity contribution in [1.29, 1.82) is 0 Å². The number of methoxy groups -OCH3 is 1. The van der Waals surface area contributed by atoms with Crippen LogP contribution in [0.1, 0.15) is 22.6 Å². The molecule has 0 fully saturated rings. The number of halogens is 1. The Labute approximate surface area is 83.0 Å². The van der Waals surface area contributed by atoms with Crippen LogP contribution in [0.4, 0.5) is 0 Å².